The molecule has 1 amide bonds. The average molecular weight is 357 g/mol. The number of hydrogen-bond acceptors (Lipinski definition) is 6. The molecular formula is C17H15N3O4S. The molecule has 0 aromatic heterocycles. The molecule has 1 aliphatic heterocycles. The Morgan fingerprint density at radius 1 is 1.28 bits per heavy atom. The van der Waals surface area contributed by atoms with E-state index in [2.05, 4.69) is 10.5 Å². The van der Waals surface area contributed by atoms with Gasteiger partial charge >= 0.3 is 0 Å². The van der Waals surface area contributed by atoms with Crippen molar-refractivity contribution in [3.63, 3.8) is 0 Å². The summed E-state index contributed by atoms with van der Waals surface area (Å²) >= 11 is 1.85. The normalized spacial score (nSPS) is 14.1. The van der Waals surface area contributed by atoms with Gasteiger partial charge in [0.05, 0.1) is 11.1 Å². The summed E-state index contributed by atoms with van der Waals surface area (Å²) in [5, 5.41) is 14.6. The van der Waals surface area contributed by atoms with E-state index in [0.717, 1.165) is 22.8 Å². The third-order valence-electron chi connectivity index (χ3n) is 3.47. The average Bonchev–Trinajstić information content (AvgIpc) is 2.58. The first kappa shape index (κ1) is 17.0. The van der Waals surface area contributed by atoms with E-state index in [9.17, 15) is 14.9 Å². The molecule has 3 rings (SSSR count). The van der Waals surface area contributed by atoms with Crippen LogP contribution < -0.4 is 10.2 Å². The number of nitro groups is 1. The Morgan fingerprint density at radius 3 is 2.80 bits per heavy atom. The monoisotopic (exact) mass is 357 g/mol. The van der Waals surface area contributed by atoms with Gasteiger partial charge in [0.1, 0.15) is 11.9 Å². The van der Waals surface area contributed by atoms with Gasteiger partial charge in [-0.05, 0) is 23.8 Å². The van der Waals surface area contributed by atoms with Gasteiger partial charge in [0, 0.05) is 29.2 Å². The van der Waals surface area contributed by atoms with Gasteiger partial charge in [0.2, 0.25) is 0 Å². The number of hydrogen-bond donors (Lipinski definition) is 1. The maximum Gasteiger partial charge on any atom is 0.271 e. The SMILES string of the molecule is O=C(N/N=C\c1cccc(OC2CSC2)c1)c1cccc([N+](=O)[O-])c1. The topological polar surface area (TPSA) is 93.8 Å². The summed E-state index contributed by atoms with van der Waals surface area (Å²) in [6.45, 7) is 0. The molecule has 1 N–H and O–H groups in total. The van der Waals surface area contributed by atoms with Crippen LogP contribution in [-0.4, -0.2) is 34.7 Å². The predicted molar refractivity (Wildman–Crippen MR) is 96.3 cm³/mol. The van der Waals surface area contributed by atoms with Crippen LogP contribution >= 0.6 is 11.8 Å². The van der Waals surface area contributed by atoms with Crippen molar-refractivity contribution in [2.45, 2.75) is 6.10 Å². The van der Waals surface area contributed by atoms with Crippen molar-refractivity contribution >= 4 is 29.6 Å². The van der Waals surface area contributed by atoms with E-state index in [0.29, 0.717) is 0 Å². The number of carbonyl (C=O) groups is 1. The second-order valence-corrected chi connectivity index (χ2v) is 6.43. The first-order chi connectivity index (χ1) is 12.1. The molecule has 0 unspecified atom stereocenters. The fraction of sp³-hybridized carbons (Fsp3) is 0.176. The van der Waals surface area contributed by atoms with Crippen molar-refractivity contribution in [1.29, 1.82) is 0 Å². The molecule has 7 nitrogen and oxygen atoms in total. The van der Waals surface area contributed by atoms with Crippen molar-refractivity contribution in [2.75, 3.05) is 11.5 Å². The third-order valence-corrected chi connectivity index (χ3v) is 4.68. The van der Waals surface area contributed by atoms with Crippen molar-refractivity contribution < 1.29 is 14.5 Å². The molecule has 1 saturated heterocycles. The van der Waals surface area contributed by atoms with Crippen LogP contribution in [0.1, 0.15) is 15.9 Å². The second-order valence-electron chi connectivity index (χ2n) is 5.36. The van der Waals surface area contributed by atoms with E-state index in [-0.39, 0.29) is 17.4 Å². The minimum absolute atomic E-state index is 0.143. The Bertz CT molecular complexity index is 821. The Kier molecular flexibility index (Phi) is 5.30. The number of amides is 1. The number of carbonyl (C=O) groups excluding carboxylic acids is 1. The van der Waals surface area contributed by atoms with E-state index < -0.39 is 10.8 Å². The second kappa shape index (κ2) is 7.80. The van der Waals surface area contributed by atoms with Gasteiger partial charge in [0.25, 0.3) is 11.6 Å². The van der Waals surface area contributed by atoms with E-state index in [1.54, 1.807) is 0 Å². The lowest BCUT2D eigenvalue weighted by Gasteiger charge is -2.25. The van der Waals surface area contributed by atoms with Crippen LogP contribution in [0.3, 0.4) is 0 Å². The summed E-state index contributed by atoms with van der Waals surface area (Å²) < 4.78 is 5.79. The molecule has 0 atom stereocenters. The van der Waals surface area contributed by atoms with Crippen molar-refractivity contribution in [1.82, 2.24) is 5.43 Å². The fourth-order valence-corrected chi connectivity index (χ4v) is 2.70. The maximum absolute atomic E-state index is 12.0. The number of ether oxygens (including phenoxy) is 1. The minimum atomic E-state index is -0.549. The maximum atomic E-state index is 12.0. The number of nitrogens with zero attached hydrogens (tertiary/aromatic N) is 2. The van der Waals surface area contributed by atoms with Gasteiger partial charge < -0.3 is 4.74 Å². The first-order valence-electron chi connectivity index (χ1n) is 7.54. The largest absolute Gasteiger partial charge is 0.489 e. The van der Waals surface area contributed by atoms with Crippen molar-refractivity contribution in [3.8, 4) is 5.75 Å². The standard InChI is InChI=1S/C17H15N3O4S/c21-17(13-4-2-5-14(8-13)20(22)23)19-18-9-12-3-1-6-15(7-12)24-16-10-25-11-16/h1-9,16H,10-11H2,(H,19,21)/b18-9-. The van der Waals surface area contributed by atoms with Gasteiger partial charge in [0.15, 0.2) is 0 Å². The lowest BCUT2D eigenvalue weighted by atomic mass is 10.2. The molecule has 25 heavy (non-hydrogen) atoms. The fourth-order valence-electron chi connectivity index (χ4n) is 2.13. The van der Waals surface area contributed by atoms with Gasteiger partial charge in [-0.15, -0.1) is 0 Å². The summed E-state index contributed by atoms with van der Waals surface area (Å²) in [6, 6.07) is 12.9. The highest BCUT2D eigenvalue weighted by Gasteiger charge is 2.19. The molecule has 0 aliphatic carbocycles. The number of thioether (sulfide) groups is 1. The molecule has 2 aromatic carbocycles. The quantitative estimate of drug-likeness (QED) is 0.487. The van der Waals surface area contributed by atoms with Crippen LogP contribution in [0, 0.1) is 10.1 Å². The minimum Gasteiger partial charge on any atom is -0.489 e. The Morgan fingerprint density at radius 2 is 2.08 bits per heavy atom. The lowest BCUT2D eigenvalue weighted by molar-refractivity contribution is -0.384. The van der Waals surface area contributed by atoms with E-state index in [1.807, 2.05) is 36.0 Å². The molecule has 2 aromatic rings. The molecule has 1 aliphatic rings. The van der Waals surface area contributed by atoms with E-state index in [4.69, 9.17) is 4.74 Å². The molecule has 128 valence electrons. The molecule has 0 bridgehead atoms. The van der Waals surface area contributed by atoms with Gasteiger partial charge in [-0.1, -0.05) is 18.2 Å². The number of hydrazone groups is 1. The molecule has 1 heterocycles. The summed E-state index contributed by atoms with van der Waals surface area (Å²) in [5.74, 6) is 2.24. The van der Waals surface area contributed by atoms with Crippen LogP contribution in [0.4, 0.5) is 5.69 Å². The highest BCUT2D eigenvalue weighted by molar-refractivity contribution is 8.00. The Balaban J connectivity index is 1.60. The zero-order chi connectivity index (χ0) is 17.6. The smallest absolute Gasteiger partial charge is 0.271 e. The molecule has 0 spiro atoms. The molecule has 8 heteroatoms. The molecule has 0 saturated carbocycles. The number of non-ortho nitro benzene ring substituents is 1. The molecule has 1 fully saturated rings. The van der Waals surface area contributed by atoms with E-state index in [1.165, 1.54) is 30.5 Å². The number of rotatable bonds is 6. The van der Waals surface area contributed by atoms with Crippen LogP contribution in [0.2, 0.25) is 0 Å². The van der Waals surface area contributed by atoms with Crippen LogP contribution in [0.5, 0.6) is 5.75 Å². The van der Waals surface area contributed by atoms with E-state index >= 15 is 0 Å². The lowest BCUT2D eigenvalue weighted by Crippen LogP contribution is -2.31. The van der Waals surface area contributed by atoms with Crippen LogP contribution in [0.15, 0.2) is 53.6 Å². The number of nitro benzene ring substituents is 1. The van der Waals surface area contributed by atoms with Gasteiger partial charge in [-0.25, -0.2) is 5.43 Å². The highest BCUT2D eigenvalue weighted by atomic mass is 32.2. The van der Waals surface area contributed by atoms with Gasteiger partial charge in [-0.3, -0.25) is 14.9 Å². The number of benzene rings is 2. The summed E-state index contributed by atoms with van der Waals surface area (Å²) in [6.07, 6.45) is 1.75. The van der Waals surface area contributed by atoms with Crippen molar-refractivity contribution in [2.24, 2.45) is 5.10 Å². The summed E-state index contributed by atoms with van der Waals surface area (Å²) in [7, 11) is 0. The molecule has 0 radical (unpaired) electrons. The van der Waals surface area contributed by atoms with Crippen LogP contribution in [-0.2, 0) is 0 Å². The van der Waals surface area contributed by atoms with Crippen molar-refractivity contribution in [3.05, 3.63) is 69.8 Å². The summed E-state index contributed by atoms with van der Waals surface area (Å²) in [4.78, 5) is 22.2. The Labute approximate surface area is 148 Å². The zero-order valence-corrected chi connectivity index (χ0v) is 13.9. The zero-order valence-electron chi connectivity index (χ0n) is 13.1. The molecular weight excluding hydrogens is 342 g/mol. The van der Waals surface area contributed by atoms with Crippen LogP contribution in [0.25, 0.3) is 0 Å². The van der Waals surface area contributed by atoms with Gasteiger partial charge in [-0.2, -0.15) is 16.9 Å². The Hall–Kier alpha value is -2.87. The predicted octanol–water partition coefficient (Wildman–Crippen LogP) is 2.85. The first-order valence-corrected chi connectivity index (χ1v) is 8.69. The number of nitrogens with one attached hydrogen (secondary N) is 1. The highest BCUT2D eigenvalue weighted by Crippen LogP contribution is 2.24. The third kappa shape index (κ3) is 4.57. The summed E-state index contributed by atoms with van der Waals surface area (Å²) in [5.41, 5.74) is 3.17.